The van der Waals surface area contributed by atoms with E-state index in [9.17, 15) is 0 Å². The summed E-state index contributed by atoms with van der Waals surface area (Å²) in [6.07, 6.45) is 1.73. The molecule has 2 N–H and O–H groups in total. The normalized spacial score (nSPS) is 13.2. The average Bonchev–Trinajstić information content (AvgIpc) is 2.52. The quantitative estimate of drug-likeness (QED) is 0.649. The number of hydrogen-bond donors (Lipinski definition) is 2. The van der Waals surface area contributed by atoms with Crippen LogP contribution in [0.25, 0.3) is 0 Å². The van der Waals surface area contributed by atoms with Gasteiger partial charge in [-0.15, -0.1) is 5.10 Å². The van der Waals surface area contributed by atoms with Crippen molar-refractivity contribution in [2.24, 2.45) is 13.0 Å². The van der Waals surface area contributed by atoms with Crippen molar-refractivity contribution in [2.75, 3.05) is 13.2 Å². The molecule has 1 aromatic heterocycles. The van der Waals surface area contributed by atoms with Crippen LogP contribution in [-0.4, -0.2) is 33.3 Å². The molecule has 13 heavy (non-hydrogen) atoms. The van der Waals surface area contributed by atoms with Crippen LogP contribution >= 0.6 is 0 Å². The first-order valence-electron chi connectivity index (χ1n) is 4.39. The SMILES string of the molecule is CC(CO)CNCc1cnnn1C. The molecule has 0 aliphatic heterocycles. The molecule has 74 valence electrons. The van der Waals surface area contributed by atoms with Crippen LogP contribution in [0, 0.1) is 5.92 Å². The van der Waals surface area contributed by atoms with Crippen LogP contribution in [-0.2, 0) is 13.6 Å². The van der Waals surface area contributed by atoms with Gasteiger partial charge >= 0.3 is 0 Å². The van der Waals surface area contributed by atoms with Gasteiger partial charge in [0.05, 0.1) is 11.9 Å². The maximum atomic E-state index is 8.78. The Morgan fingerprint density at radius 2 is 2.46 bits per heavy atom. The molecule has 1 aromatic rings. The van der Waals surface area contributed by atoms with E-state index in [2.05, 4.69) is 15.6 Å². The molecule has 5 heteroatoms. The Kier molecular flexibility index (Phi) is 3.85. The number of aryl methyl sites for hydroxylation is 1. The summed E-state index contributed by atoms with van der Waals surface area (Å²) in [5.41, 5.74) is 1.05. The molecule has 0 radical (unpaired) electrons. The Morgan fingerprint density at radius 3 is 3.00 bits per heavy atom. The second kappa shape index (κ2) is 4.94. The highest BCUT2D eigenvalue weighted by Gasteiger charge is 2.01. The molecule has 1 atom stereocenters. The zero-order valence-electron chi connectivity index (χ0n) is 8.06. The molecule has 1 rings (SSSR count). The Balaban J connectivity index is 2.24. The largest absolute Gasteiger partial charge is 0.396 e. The van der Waals surface area contributed by atoms with E-state index in [4.69, 9.17) is 5.11 Å². The summed E-state index contributed by atoms with van der Waals surface area (Å²) in [5, 5.41) is 19.6. The molecule has 0 amide bonds. The van der Waals surface area contributed by atoms with Crippen LogP contribution < -0.4 is 5.32 Å². The van der Waals surface area contributed by atoms with Gasteiger partial charge in [-0.25, -0.2) is 0 Å². The molecule has 5 nitrogen and oxygen atoms in total. The predicted molar refractivity (Wildman–Crippen MR) is 49.0 cm³/mol. The Bertz CT molecular complexity index is 248. The van der Waals surface area contributed by atoms with Crippen molar-refractivity contribution in [3.8, 4) is 0 Å². The van der Waals surface area contributed by atoms with Gasteiger partial charge in [0, 0.05) is 26.7 Å². The van der Waals surface area contributed by atoms with Gasteiger partial charge in [-0.1, -0.05) is 12.1 Å². The molecule has 0 bridgehead atoms. The van der Waals surface area contributed by atoms with E-state index in [1.807, 2.05) is 14.0 Å². The van der Waals surface area contributed by atoms with E-state index < -0.39 is 0 Å². The van der Waals surface area contributed by atoms with E-state index in [0.29, 0.717) is 5.92 Å². The number of aliphatic hydroxyl groups is 1. The summed E-state index contributed by atoms with van der Waals surface area (Å²) in [6.45, 7) is 3.76. The van der Waals surface area contributed by atoms with E-state index in [-0.39, 0.29) is 6.61 Å². The van der Waals surface area contributed by atoms with E-state index in [1.165, 1.54) is 0 Å². The molecule has 1 unspecified atom stereocenters. The molecule has 0 aromatic carbocycles. The van der Waals surface area contributed by atoms with Crippen LogP contribution in [0.15, 0.2) is 6.20 Å². The molecule has 0 saturated carbocycles. The third-order valence-corrected chi connectivity index (χ3v) is 1.92. The Hall–Kier alpha value is -0.940. The minimum Gasteiger partial charge on any atom is -0.396 e. The summed E-state index contributed by atoms with van der Waals surface area (Å²) in [6, 6.07) is 0. The van der Waals surface area contributed by atoms with Crippen molar-refractivity contribution in [1.29, 1.82) is 0 Å². The zero-order chi connectivity index (χ0) is 9.68. The Morgan fingerprint density at radius 1 is 1.69 bits per heavy atom. The first kappa shape index (κ1) is 10.1. The van der Waals surface area contributed by atoms with Gasteiger partial charge in [-0.05, 0) is 5.92 Å². The lowest BCUT2D eigenvalue weighted by Gasteiger charge is -2.08. The standard InChI is InChI=1S/C8H16N4O/c1-7(6-13)3-9-4-8-5-10-11-12(8)2/h5,7,9,13H,3-4,6H2,1-2H3. The molecule has 0 spiro atoms. The van der Waals surface area contributed by atoms with Crippen molar-refractivity contribution >= 4 is 0 Å². The van der Waals surface area contributed by atoms with Crippen LogP contribution in [0.3, 0.4) is 0 Å². The number of rotatable bonds is 5. The van der Waals surface area contributed by atoms with Gasteiger partial charge < -0.3 is 10.4 Å². The number of nitrogens with one attached hydrogen (secondary N) is 1. The van der Waals surface area contributed by atoms with E-state index in [1.54, 1.807) is 10.9 Å². The minimum absolute atomic E-state index is 0.219. The summed E-state index contributed by atoms with van der Waals surface area (Å²) in [5.74, 6) is 0.293. The van der Waals surface area contributed by atoms with Gasteiger partial charge in [0.2, 0.25) is 0 Å². The topological polar surface area (TPSA) is 63.0 Å². The number of hydrogen-bond acceptors (Lipinski definition) is 4. The highest BCUT2D eigenvalue weighted by Crippen LogP contribution is 1.94. The van der Waals surface area contributed by atoms with Crippen molar-refractivity contribution < 1.29 is 5.11 Å². The minimum atomic E-state index is 0.219. The van der Waals surface area contributed by atoms with E-state index >= 15 is 0 Å². The summed E-state index contributed by atoms with van der Waals surface area (Å²) in [4.78, 5) is 0. The van der Waals surface area contributed by atoms with Crippen LogP contribution in [0.5, 0.6) is 0 Å². The second-order valence-corrected chi connectivity index (χ2v) is 3.27. The third kappa shape index (κ3) is 3.12. The third-order valence-electron chi connectivity index (χ3n) is 1.92. The first-order chi connectivity index (χ1) is 6.24. The van der Waals surface area contributed by atoms with Crippen LogP contribution in [0.4, 0.5) is 0 Å². The smallest absolute Gasteiger partial charge is 0.0738 e. The first-order valence-corrected chi connectivity index (χ1v) is 4.39. The number of nitrogens with zero attached hydrogens (tertiary/aromatic N) is 3. The zero-order valence-corrected chi connectivity index (χ0v) is 8.06. The van der Waals surface area contributed by atoms with Crippen molar-refractivity contribution in [1.82, 2.24) is 20.3 Å². The van der Waals surface area contributed by atoms with Gasteiger partial charge in [0.25, 0.3) is 0 Å². The molecule has 0 aliphatic carbocycles. The van der Waals surface area contributed by atoms with Crippen molar-refractivity contribution in [3.05, 3.63) is 11.9 Å². The fraction of sp³-hybridized carbons (Fsp3) is 0.750. The predicted octanol–water partition coefficient (Wildman–Crippen LogP) is -0.467. The fourth-order valence-electron chi connectivity index (χ4n) is 0.982. The monoisotopic (exact) mass is 184 g/mol. The lowest BCUT2D eigenvalue weighted by Crippen LogP contribution is -2.23. The van der Waals surface area contributed by atoms with Gasteiger partial charge in [0.1, 0.15) is 0 Å². The van der Waals surface area contributed by atoms with Crippen LogP contribution in [0.1, 0.15) is 12.6 Å². The average molecular weight is 184 g/mol. The molecule has 0 aliphatic rings. The molecule has 0 saturated heterocycles. The summed E-state index contributed by atoms with van der Waals surface area (Å²) >= 11 is 0. The van der Waals surface area contributed by atoms with Gasteiger partial charge in [0.15, 0.2) is 0 Å². The van der Waals surface area contributed by atoms with Gasteiger partial charge in [-0.3, -0.25) is 4.68 Å². The van der Waals surface area contributed by atoms with Crippen LogP contribution in [0.2, 0.25) is 0 Å². The molecular weight excluding hydrogens is 168 g/mol. The number of aliphatic hydroxyl groups excluding tert-OH is 1. The van der Waals surface area contributed by atoms with E-state index in [0.717, 1.165) is 18.8 Å². The number of aromatic nitrogens is 3. The van der Waals surface area contributed by atoms with Gasteiger partial charge in [-0.2, -0.15) is 0 Å². The maximum absolute atomic E-state index is 8.78. The lowest BCUT2D eigenvalue weighted by molar-refractivity contribution is 0.233. The molecule has 0 fully saturated rings. The lowest BCUT2D eigenvalue weighted by atomic mass is 10.2. The highest BCUT2D eigenvalue weighted by atomic mass is 16.3. The summed E-state index contributed by atoms with van der Waals surface area (Å²) < 4.78 is 1.73. The second-order valence-electron chi connectivity index (χ2n) is 3.27. The van der Waals surface area contributed by atoms with Crippen molar-refractivity contribution in [3.63, 3.8) is 0 Å². The van der Waals surface area contributed by atoms with Crippen molar-refractivity contribution in [2.45, 2.75) is 13.5 Å². The summed E-state index contributed by atoms with van der Waals surface area (Å²) in [7, 11) is 1.86. The fourth-order valence-corrected chi connectivity index (χ4v) is 0.982. The Labute approximate surface area is 77.8 Å². The molecule has 1 heterocycles. The molecular formula is C8H16N4O. The maximum Gasteiger partial charge on any atom is 0.0738 e. The highest BCUT2D eigenvalue weighted by molar-refractivity contribution is 4.92.